The van der Waals surface area contributed by atoms with E-state index in [-0.39, 0.29) is 0 Å². The molecular weight excluding hydrogens is 502 g/mol. The van der Waals surface area contributed by atoms with Crippen molar-refractivity contribution in [1.82, 2.24) is 14.9 Å². The second kappa shape index (κ2) is 13.8. The zero-order chi connectivity index (χ0) is 27.6. The first-order valence-electron chi connectivity index (χ1n) is 14.0. The van der Waals surface area contributed by atoms with Crippen LogP contribution in [0, 0.1) is 0 Å². The van der Waals surface area contributed by atoms with Crippen LogP contribution in [0.2, 0.25) is 0 Å². The van der Waals surface area contributed by atoms with E-state index in [1.165, 1.54) is 32.4 Å². The van der Waals surface area contributed by atoms with E-state index in [1.54, 1.807) is 13.4 Å². The number of aromatic nitrogens is 2. The Kier molecular flexibility index (Phi) is 9.42. The van der Waals surface area contributed by atoms with Crippen LogP contribution >= 0.6 is 0 Å². The molecule has 208 valence electrons. The first-order chi connectivity index (χ1) is 19.7. The van der Waals surface area contributed by atoms with Gasteiger partial charge in [-0.3, -0.25) is 0 Å². The lowest BCUT2D eigenvalue weighted by molar-refractivity contribution is 0.130. The van der Waals surface area contributed by atoms with Gasteiger partial charge >= 0.3 is 0 Å². The van der Waals surface area contributed by atoms with E-state index in [1.807, 2.05) is 73.7 Å². The van der Waals surface area contributed by atoms with E-state index in [0.717, 1.165) is 46.4 Å². The van der Waals surface area contributed by atoms with E-state index in [4.69, 9.17) is 14.3 Å². The minimum absolute atomic E-state index is 0.438. The summed E-state index contributed by atoms with van der Waals surface area (Å²) in [7, 11) is 1.65. The minimum atomic E-state index is 0.438. The van der Waals surface area contributed by atoms with Gasteiger partial charge in [-0.25, -0.2) is 9.97 Å². The highest BCUT2D eigenvalue weighted by Gasteiger charge is 2.13. The third-order valence-electron chi connectivity index (χ3n) is 7.09. The van der Waals surface area contributed by atoms with Crippen LogP contribution in [0.3, 0.4) is 0 Å². The van der Waals surface area contributed by atoms with Gasteiger partial charge in [-0.2, -0.15) is 0 Å². The van der Waals surface area contributed by atoms with Crippen molar-refractivity contribution in [1.29, 1.82) is 0 Å². The average Bonchev–Trinajstić information content (AvgIpc) is 3.00. The average molecular weight is 540 g/mol. The second-order valence-electron chi connectivity index (χ2n) is 9.98. The fourth-order valence-electron chi connectivity index (χ4n) is 4.85. The van der Waals surface area contributed by atoms with Crippen molar-refractivity contribution in [2.75, 3.05) is 38.7 Å². The fourth-order valence-corrected chi connectivity index (χ4v) is 4.85. The van der Waals surface area contributed by atoms with Gasteiger partial charge in [0.1, 0.15) is 18.8 Å². The summed E-state index contributed by atoms with van der Waals surface area (Å²) in [5.74, 6) is 2.07. The van der Waals surface area contributed by atoms with Crippen molar-refractivity contribution in [3.8, 4) is 11.5 Å². The van der Waals surface area contributed by atoms with Gasteiger partial charge in [-0.1, -0.05) is 54.0 Å². The van der Waals surface area contributed by atoms with Crippen LogP contribution in [0.1, 0.15) is 43.7 Å². The number of ether oxygens (including phenoxy) is 2. The third kappa shape index (κ3) is 7.27. The topological polar surface area (TPSA) is 81.1 Å². The molecule has 1 saturated heterocycles. The lowest BCUT2D eigenvalue weighted by Gasteiger charge is -2.26. The van der Waals surface area contributed by atoms with Gasteiger partial charge in [0, 0.05) is 23.7 Å². The minimum Gasteiger partial charge on any atom is -0.493 e. The number of hydrogen-bond donors (Lipinski definition) is 1. The van der Waals surface area contributed by atoms with Crippen LogP contribution < -0.4 is 14.8 Å². The number of nitrogens with one attached hydrogen (secondary N) is 1. The summed E-state index contributed by atoms with van der Waals surface area (Å²) < 4.78 is 11.8. The molecule has 0 spiro atoms. The van der Waals surface area contributed by atoms with Gasteiger partial charge in [0.2, 0.25) is 0 Å². The maximum Gasteiger partial charge on any atom is 0.162 e. The van der Waals surface area contributed by atoms with Crippen molar-refractivity contribution < 1.29 is 14.3 Å². The lowest BCUT2D eigenvalue weighted by atomic mass is 10.1. The van der Waals surface area contributed by atoms with E-state index in [2.05, 4.69) is 25.3 Å². The second-order valence-corrected chi connectivity index (χ2v) is 9.98. The zero-order valence-corrected chi connectivity index (χ0v) is 23.3. The molecule has 0 saturated carbocycles. The molecule has 0 amide bonds. The molecule has 1 N–H and O–H groups in total. The number of rotatable bonds is 12. The van der Waals surface area contributed by atoms with Gasteiger partial charge in [-0.15, -0.1) is 0 Å². The molecule has 8 heteroatoms. The lowest BCUT2D eigenvalue weighted by Crippen LogP contribution is -2.31. The first-order valence-corrected chi connectivity index (χ1v) is 14.0. The Morgan fingerprint density at radius 1 is 0.950 bits per heavy atom. The summed E-state index contributed by atoms with van der Waals surface area (Å²) in [6.07, 6.45) is 6.48. The molecule has 40 heavy (non-hydrogen) atoms. The molecule has 1 aliphatic rings. The molecule has 3 aromatic carbocycles. The molecule has 0 atom stereocenters. The van der Waals surface area contributed by atoms with Gasteiger partial charge < -0.3 is 24.5 Å². The number of oxime groups is 1. The Hall–Kier alpha value is -4.17. The van der Waals surface area contributed by atoms with Crippen LogP contribution in [0.25, 0.3) is 10.9 Å². The maximum absolute atomic E-state index is 6.17. The number of benzene rings is 3. The van der Waals surface area contributed by atoms with E-state index >= 15 is 0 Å². The first kappa shape index (κ1) is 27.4. The molecule has 0 bridgehead atoms. The van der Waals surface area contributed by atoms with Crippen molar-refractivity contribution >= 4 is 28.1 Å². The SMILES string of the molecule is COc1cc2ncnc(Nc3ccc(/C(C)=N/OCc4ccccc4)cc3)c2cc1OCCCN1CCCCC1. The number of fused-ring (bicyclic) bond motifs is 1. The molecule has 1 fully saturated rings. The predicted octanol–water partition coefficient (Wildman–Crippen LogP) is 6.58. The summed E-state index contributed by atoms with van der Waals surface area (Å²) >= 11 is 0. The molecule has 0 unspecified atom stereocenters. The number of methoxy groups -OCH3 is 1. The molecule has 2 heterocycles. The molecular formula is C32H37N5O3. The molecule has 0 radical (unpaired) electrons. The van der Waals surface area contributed by atoms with E-state index < -0.39 is 0 Å². The number of anilines is 2. The van der Waals surface area contributed by atoms with Crippen LogP contribution in [0.15, 0.2) is 78.2 Å². The largest absolute Gasteiger partial charge is 0.493 e. The van der Waals surface area contributed by atoms with Crippen molar-refractivity contribution in [3.63, 3.8) is 0 Å². The summed E-state index contributed by atoms with van der Waals surface area (Å²) in [4.78, 5) is 17.0. The highest BCUT2D eigenvalue weighted by atomic mass is 16.6. The normalized spacial score (nSPS) is 14.2. The molecule has 1 aromatic heterocycles. The maximum atomic E-state index is 6.17. The quantitative estimate of drug-likeness (QED) is 0.124. The summed E-state index contributed by atoms with van der Waals surface area (Å²) in [5, 5.41) is 8.57. The van der Waals surface area contributed by atoms with Gasteiger partial charge in [0.15, 0.2) is 11.5 Å². The predicted molar refractivity (Wildman–Crippen MR) is 160 cm³/mol. The van der Waals surface area contributed by atoms with Crippen LogP contribution in [-0.2, 0) is 11.4 Å². The highest BCUT2D eigenvalue weighted by molar-refractivity contribution is 5.99. The van der Waals surface area contributed by atoms with Crippen LogP contribution in [-0.4, -0.2) is 53.9 Å². The number of hydrogen-bond acceptors (Lipinski definition) is 8. The Morgan fingerprint density at radius 2 is 1.75 bits per heavy atom. The van der Waals surface area contributed by atoms with Crippen molar-refractivity contribution in [2.24, 2.45) is 5.16 Å². The highest BCUT2D eigenvalue weighted by Crippen LogP contribution is 2.35. The third-order valence-corrected chi connectivity index (χ3v) is 7.09. The van der Waals surface area contributed by atoms with Crippen molar-refractivity contribution in [3.05, 3.63) is 84.2 Å². The number of nitrogens with zero attached hydrogens (tertiary/aromatic N) is 4. The molecule has 5 rings (SSSR count). The van der Waals surface area contributed by atoms with Gasteiger partial charge in [-0.05, 0) is 68.6 Å². The monoisotopic (exact) mass is 539 g/mol. The van der Waals surface area contributed by atoms with Crippen LogP contribution in [0.4, 0.5) is 11.5 Å². The van der Waals surface area contributed by atoms with E-state index in [9.17, 15) is 0 Å². The molecule has 4 aromatic rings. The van der Waals surface area contributed by atoms with Crippen molar-refractivity contribution in [2.45, 2.75) is 39.2 Å². The van der Waals surface area contributed by atoms with Gasteiger partial charge in [0.25, 0.3) is 0 Å². The summed E-state index contributed by atoms with van der Waals surface area (Å²) in [5.41, 5.74) is 4.56. The Labute approximate surface area is 236 Å². The molecule has 8 nitrogen and oxygen atoms in total. The summed E-state index contributed by atoms with van der Waals surface area (Å²) in [6, 6.07) is 21.9. The summed E-state index contributed by atoms with van der Waals surface area (Å²) in [6.45, 7) is 6.46. The molecule has 1 aliphatic heterocycles. The van der Waals surface area contributed by atoms with Gasteiger partial charge in [0.05, 0.1) is 24.9 Å². The smallest absolute Gasteiger partial charge is 0.162 e. The van der Waals surface area contributed by atoms with Crippen LogP contribution in [0.5, 0.6) is 11.5 Å². The molecule has 0 aliphatic carbocycles. The Bertz CT molecular complexity index is 1400. The standard InChI is InChI=1S/C32H37N5O3/c1-24(36-40-22-25-10-5-3-6-11-25)26-12-14-27(15-13-26)35-32-28-20-31(30(38-2)21-29(28)33-23-34-32)39-19-9-18-37-16-7-4-8-17-37/h3,5-6,10-15,20-21,23H,4,7-9,16-19,22H2,1-2H3,(H,33,34,35)/b36-24+. The zero-order valence-electron chi connectivity index (χ0n) is 23.3. The fraction of sp³-hybridized carbons (Fsp3) is 0.344. The number of piperidine rings is 1. The number of likely N-dealkylation sites (tertiary alicyclic amines) is 1. The Morgan fingerprint density at radius 3 is 2.52 bits per heavy atom. The Balaban J connectivity index is 1.23. The van der Waals surface area contributed by atoms with E-state index in [0.29, 0.717) is 30.5 Å².